The summed E-state index contributed by atoms with van der Waals surface area (Å²) in [5.74, 6) is 5.55. The van der Waals surface area contributed by atoms with Gasteiger partial charge in [0.1, 0.15) is 5.82 Å². The van der Waals surface area contributed by atoms with E-state index in [0.717, 1.165) is 11.8 Å². The van der Waals surface area contributed by atoms with Gasteiger partial charge >= 0.3 is 5.69 Å². The first kappa shape index (κ1) is 11.4. The SMILES string of the molecule is NNc1ccc([N+](=O)[O-])c(Sc2ncc[nH]2)n1. The van der Waals surface area contributed by atoms with E-state index in [2.05, 4.69) is 20.4 Å². The molecule has 9 heteroatoms. The molecule has 2 aromatic heterocycles. The summed E-state index contributed by atoms with van der Waals surface area (Å²) in [6.45, 7) is 0. The minimum Gasteiger partial charge on any atom is -0.339 e. The number of imidazole rings is 1. The normalized spacial score (nSPS) is 10.2. The monoisotopic (exact) mass is 252 g/mol. The Morgan fingerprint density at radius 1 is 1.53 bits per heavy atom. The molecule has 8 nitrogen and oxygen atoms in total. The third kappa shape index (κ3) is 2.52. The smallest absolute Gasteiger partial charge is 0.301 e. The first-order valence-corrected chi connectivity index (χ1v) is 5.31. The summed E-state index contributed by atoms with van der Waals surface area (Å²) in [5, 5.41) is 11.6. The van der Waals surface area contributed by atoms with E-state index in [4.69, 9.17) is 5.84 Å². The molecule has 88 valence electrons. The number of H-pyrrole nitrogens is 1. The molecule has 17 heavy (non-hydrogen) atoms. The van der Waals surface area contributed by atoms with Crippen LogP contribution in [0, 0.1) is 10.1 Å². The Kier molecular flexibility index (Phi) is 3.21. The molecular formula is C8H8N6O2S. The summed E-state index contributed by atoms with van der Waals surface area (Å²) in [7, 11) is 0. The quantitative estimate of drug-likeness (QED) is 0.423. The van der Waals surface area contributed by atoms with Crippen LogP contribution in [0.1, 0.15) is 0 Å². The van der Waals surface area contributed by atoms with Crippen molar-refractivity contribution in [1.29, 1.82) is 0 Å². The van der Waals surface area contributed by atoms with Crippen LogP contribution in [0.15, 0.2) is 34.7 Å². The lowest BCUT2D eigenvalue weighted by Gasteiger charge is -2.02. The molecule has 0 aliphatic heterocycles. The molecule has 0 aromatic carbocycles. The van der Waals surface area contributed by atoms with Crippen LogP contribution in [0.5, 0.6) is 0 Å². The summed E-state index contributed by atoms with van der Waals surface area (Å²) in [5.41, 5.74) is 2.24. The van der Waals surface area contributed by atoms with Gasteiger partial charge in [0.15, 0.2) is 10.2 Å². The first-order valence-electron chi connectivity index (χ1n) is 4.50. The van der Waals surface area contributed by atoms with Crippen molar-refractivity contribution in [2.75, 3.05) is 5.43 Å². The number of nitro groups is 1. The highest BCUT2D eigenvalue weighted by atomic mass is 32.2. The zero-order valence-electron chi connectivity index (χ0n) is 8.45. The number of nitrogens with one attached hydrogen (secondary N) is 2. The summed E-state index contributed by atoms with van der Waals surface area (Å²) in [6, 6.07) is 2.78. The van der Waals surface area contributed by atoms with Gasteiger partial charge in [-0.2, -0.15) is 0 Å². The van der Waals surface area contributed by atoms with Gasteiger partial charge in [-0.05, 0) is 17.8 Å². The van der Waals surface area contributed by atoms with Crippen molar-refractivity contribution >= 4 is 23.3 Å². The number of aromatic amines is 1. The Hall–Kier alpha value is -2.13. The van der Waals surface area contributed by atoms with Gasteiger partial charge in [-0.25, -0.2) is 15.8 Å². The van der Waals surface area contributed by atoms with Crippen LogP contribution in [-0.2, 0) is 0 Å². The summed E-state index contributed by atoms with van der Waals surface area (Å²) in [6.07, 6.45) is 3.18. The van der Waals surface area contributed by atoms with Crippen molar-refractivity contribution in [2.45, 2.75) is 10.2 Å². The Morgan fingerprint density at radius 3 is 2.94 bits per heavy atom. The lowest BCUT2D eigenvalue weighted by atomic mass is 10.4. The van der Waals surface area contributed by atoms with E-state index in [1.54, 1.807) is 12.4 Å². The predicted octanol–water partition coefficient (Wildman–Crippen LogP) is 1.15. The predicted molar refractivity (Wildman–Crippen MR) is 61.4 cm³/mol. The molecule has 0 saturated heterocycles. The van der Waals surface area contributed by atoms with E-state index < -0.39 is 4.92 Å². The average molecular weight is 252 g/mol. The molecule has 0 bridgehead atoms. The molecule has 0 atom stereocenters. The van der Waals surface area contributed by atoms with E-state index in [9.17, 15) is 10.1 Å². The topological polar surface area (TPSA) is 123 Å². The molecule has 0 radical (unpaired) electrons. The average Bonchev–Trinajstić information content (AvgIpc) is 2.81. The fourth-order valence-electron chi connectivity index (χ4n) is 1.13. The zero-order valence-corrected chi connectivity index (χ0v) is 9.27. The number of hydrogen-bond donors (Lipinski definition) is 3. The van der Waals surface area contributed by atoms with Gasteiger partial charge in [-0.15, -0.1) is 0 Å². The van der Waals surface area contributed by atoms with Gasteiger partial charge in [-0.1, -0.05) is 0 Å². The zero-order chi connectivity index (χ0) is 12.3. The maximum atomic E-state index is 10.8. The fraction of sp³-hybridized carbons (Fsp3) is 0. The lowest BCUT2D eigenvalue weighted by Crippen LogP contribution is -2.09. The Morgan fingerprint density at radius 2 is 2.35 bits per heavy atom. The summed E-state index contributed by atoms with van der Waals surface area (Å²) >= 11 is 1.06. The number of nitrogen functional groups attached to an aromatic ring is 1. The number of aromatic nitrogens is 3. The Bertz CT molecular complexity index is 529. The van der Waals surface area contributed by atoms with Crippen LogP contribution in [-0.4, -0.2) is 19.9 Å². The van der Waals surface area contributed by atoms with Crippen LogP contribution in [0.3, 0.4) is 0 Å². The van der Waals surface area contributed by atoms with Gasteiger partial charge < -0.3 is 10.4 Å². The second kappa shape index (κ2) is 4.80. The van der Waals surface area contributed by atoms with E-state index in [1.165, 1.54) is 12.1 Å². The van der Waals surface area contributed by atoms with Crippen LogP contribution in [0.25, 0.3) is 0 Å². The van der Waals surface area contributed by atoms with Crippen LogP contribution in [0.4, 0.5) is 11.5 Å². The number of anilines is 1. The molecule has 4 N–H and O–H groups in total. The van der Waals surface area contributed by atoms with E-state index in [-0.39, 0.29) is 10.7 Å². The highest BCUT2D eigenvalue weighted by Gasteiger charge is 2.17. The van der Waals surface area contributed by atoms with Gasteiger partial charge in [-0.3, -0.25) is 10.1 Å². The van der Waals surface area contributed by atoms with Gasteiger partial charge in [0.05, 0.1) is 4.92 Å². The molecule has 2 rings (SSSR count). The molecule has 0 amide bonds. The van der Waals surface area contributed by atoms with Crippen molar-refractivity contribution in [2.24, 2.45) is 5.84 Å². The molecule has 2 heterocycles. The maximum Gasteiger partial charge on any atom is 0.301 e. The van der Waals surface area contributed by atoms with Crippen molar-refractivity contribution in [3.8, 4) is 0 Å². The number of nitrogens with zero attached hydrogens (tertiary/aromatic N) is 3. The van der Waals surface area contributed by atoms with E-state index >= 15 is 0 Å². The highest BCUT2D eigenvalue weighted by Crippen LogP contribution is 2.31. The first-order chi connectivity index (χ1) is 8.20. The molecule has 0 aliphatic carbocycles. The second-order valence-electron chi connectivity index (χ2n) is 2.92. The van der Waals surface area contributed by atoms with Gasteiger partial charge in [0.2, 0.25) is 0 Å². The Labute approximate surface area is 99.8 Å². The van der Waals surface area contributed by atoms with Gasteiger partial charge in [0.25, 0.3) is 0 Å². The highest BCUT2D eigenvalue weighted by molar-refractivity contribution is 7.99. The second-order valence-corrected chi connectivity index (χ2v) is 3.90. The molecule has 0 unspecified atom stereocenters. The third-order valence-electron chi connectivity index (χ3n) is 1.85. The molecule has 0 spiro atoms. The minimum absolute atomic E-state index is 0.0922. The summed E-state index contributed by atoms with van der Waals surface area (Å²) < 4.78 is 0. The van der Waals surface area contributed by atoms with Crippen LogP contribution in [0.2, 0.25) is 0 Å². The van der Waals surface area contributed by atoms with Crippen LogP contribution >= 0.6 is 11.8 Å². The number of pyridine rings is 1. The lowest BCUT2D eigenvalue weighted by molar-refractivity contribution is -0.388. The molecular weight excluding hydrogens is 244 g/mol. The Balaban J connectivity index is 2.38. The molecule has 0 fully saturated rings. The van der Waals surface area contributed by atoms with Gasteiger partial charge in [0, 0.05) is 18.5 Å². The number of hydrazine groups is 1. The van der Waals surface area contributed by atoms with Crippen LogP contribution < -0.4 is 11.3 Å². The molecule has 2 aromatic rings. The van der Waals surface area contributed by atoms with Crippen molar-refractivity contribution in [3.63, 3.8) is 0 Å². The number of hydrogen-bond acceptors (Lipinski definition) is 7. The van der Waals surface area contributed by atoms with E-state index in [0.29, 0.717) is 11.0 Å². The standard InChI is InChI=1S/C8H8N6O2S/c9-13-6-2-1-5(14(15)16)7(12-6)17-8-10-3-4-11-8/h1-4H,9H2,(H,10,11)(H,12,13). The van der Waals surface area contributed by atoms with E-state index in [1.807, 2.05) is 0 Å². The number of rotatable bonds is 4. The summed E-state index contributed by atoms with van der Waals surface area (Å²) in [4.78, 5) is 21.1. The fourth-order valence-corrected chi connectivity index (χ4v) is 1.94. The minimum atomic E-state index is -0.501. The number of nitrogens with two attached hydrogens (primary N) is 1. The largest absolute Gasteiger partial charge is 0.339 e. The molecule has 0 saturated carbocycles. The maximum absolute atomic E-state index is 10.8. The van der Waals surface area contributed by atoms with Crippen molar-refractivity contribution in [1.82, 2.24) is 15.0 Å². The third-order valence-corrected chi connectivity index (χ3v) is 2.76. The van der Waals surface area contributed by atoms with Crippen molar-refractivity contribution in [3.05, 3.63) is 34.6 Å². The van der Waals surface area contributed by atoms with Crippen molar-refractivity contribution < 1.29 is 4.92 Å². The molecule has 0 aliphatic rings.